The van der Waals surface area contributed by atoms with Crippen LogP contribution in [0.25, 0.3) is 0 Å². The molecule has 1 rings (SSSR count). The smallest absolute Gasteiger partial charge is 0.235 e. The van der Waals surface area contributed by atoms with Crippen LogP contribution >= 0.6 is 12.6 Å². The Labute approximate surface area is 72.8 Å². The van der Waals surface area contributed by atoms with Gasteiger partial charge in [-0.2, -0.15) is 4.31 Å². The minimum absolute atomic E-state index is 0.329. The normalized spacial score (nSPS) is 28.7. The molecule has 1 fully saturated rings. The van der Waals surface area contributed by atoms with Crippen LogP contribution in [-0.4, -0.2) is 30.8 Å². The highest BCUT2D eigenvalue weighted by Crippen LogP contribution is 2.19. The van der Waals surface area contributed by atoms with Gasteiger partial charge in [0.2, 0.25) is 16.4 Å². The summed E-state index contributed by atoms with van der Waals surface area (Å²) in [6.45, 7) is 0.500. The molecule has 0 bridgehead atoms. The van der Waals surface area contributed by atoms with E-state index in [2.05, 4.69) is 12.6 Å². The van der Waals surface area contributed by atoms with Crippen LogP contribution in [0.2, 0.25) is 0 Å². The van der Waals surface area contributed by atoms with Crippen molar-refractivity contribution in [2.75, 3.05) is 6.54 Å². The van der Waals surface area contributed by atoms with E-state index < -0.39 is 17.3 Å². The highest BCUT2D eigenvalue weighted by molar-refractivity contribution is 7.96. The second kappa shape index (κ2) is 3.66. The van der Waals surface area contributed by atoms with E-state index in [0.29, 0.717) is 13.0 Å². The van der Waals surface area contributed by atoms with Crippen molar-refractivity contribution in [1.82, 2.24) is 4.31 Å². The molecule has 0 radical (unpaired) electrons. The Balaban J connectivity index is 2.65. The van der Waals surface area contributed by atoms with E-state index in [9.17, 15) is 9.00 Å². The molecule has 1 aliphatic rings. The van der Waals surface area contributed by atoms with E-state index >= 15 is 0 Å². The van der Waals surface area contributed by atoms with Gasteiger partial charge in [-0.3, -0.25) is 9.35 Å². The van der Waals surface area contributed by atoms with Gasteiger partial charge in [-0.15, -0.1) is 12.6 Å². The molecule has 0 aromatic carbocycles. The van der Waals surface area contributed by atoms with E-state index in [1.165, 1.54) is 4.31 Å². The molecule has 0 aromatic rings. The Hall–Kier alpha value is 0.0900. The molecular formula is C5H9NO3S2. The van der Waals surface area contributed by atoms with Gasteiger partial charge < -0.3 is 0 Å². The lowest BCUT2D eigenvalue weighted by molar-refractivity contribution is -0.113. The summed E-state index contributed by atoms with van der Waals surface area (Å²) in [6, 6.07) is -0.468. The highest BCUT2D eigenvalue weighted by Gasteiger charge is 2.32. The van der Waals surface area contributed by atoms with Gasteiger partial charge in [-0.25, -0.2) is 4.21 Å². The topological polar surface area (TPSA) is 57.6 Å². The van der Waals surface area contributed by atoms with Gasteiger partial charge in [0.05, 0.1) is 6.04 Å². The van der Waals surface area contributed by atoms with Crippen LogP contribution in [0.15, 0.2) is 0 Å². The van der Waals surface area contributed by atoms with Crippen LogP contribution in [0.3, 0.4) is 0 Å². The molecule has 11 heavy (non-hydrogen) atoms. The largest absolute Gasteiger partial charge is 0.294 e. The average Bonchev–Trinajstić information content (AvgIpc) is 2.32. The van der Waals surface area contributed by atoms with Crippen molar-refractivity contribution in [2.24, 2.45) is 0 Å². The quantitative estimate of drug-likeness (QED) is 0.483. The molecule has 1 aliphatic heterocycles. The number of thiol groups is 1. The molecule has 64 valence electrons. The lowest BCUT2D eigenvalue weighted by atomic mass is 10.2. The molecule has 4 nitrogen and oxygen atoms in total. The van der Waals surface area contributed by atoms with Crippen LogP contribution in [0.1, 0.15) is 12.8 Å². The van der Waals surface area contributed by atoms with E-state index in [0.717, 1.165) is 6.42 Å². The summed E-state index contributed by atoms with van der Waals surface area (Å²) in [5.74, 6) is 0. The van der Waals surface area contributed by atoms with Crippen molar-refractivity contribution in [2.45, 2.75) is 18.9 Å². The van der Waals surface area contributed by atoms with Gasteiger partial charge in [0.15, 0.2) is 0 Å². The lowest BCUT2D eigenvalue weighted by Gasteiger charge is -2.15. The van der Waals surface area contributed by atoms with Gasteiger partial charge in [-0.1, -0.05) is 0 Å². The molecule has 0 spiro atoms. The second-order valence-corrected chi connectivity index (χ2v) is 3.74. The van der Waals surface area contributed by atoms with E-state index in [4.69, 9.17) is 4.55 Å². The summed E-state index contributed by atoms with van der Waals surface area (Å²) in [5.41, 5.74) is 0. The maximum absolute atomic E-state index is 10.7. The number of hydrogen-bond acceptors (Lipinski definition) is 2. The Kier molecular flexibility index (Phi) is 3.06. The number of nitrogens with zero attached hydrogens (tertiary/aromatic N) is 1. The summed E-state index contributed by atoms with van der Waals surface area (Å²) in [5, 5.41) is -0.329. The predicted octanol–water partition coefficient (Wildman–Crippen LogP) is 0.0439. The second-order valence-electron chi connectivity index (χ2n) is 2.37. The third kappa shape index (κ3) is 2.02. The van der Waals surface area contributed by atoms with E-state index in [1.807, 2.05) is 0 Å². The average molecular weight is 195 g/mol. The molecule has 6 heteroatoms. The Bertz CT molecular complexity index is 176. The van der Waals surface area contributed by atoms with Gasteiger partial charge in [-0.05, 0) is 12.8 Å². The standard InChI is InChI=1S/C5H9NO3S2/c7-5(10)4-2-1-3-6(4)11(8)9/h4H,1-3H2,(H,7,10)(H,8,9)/t4-/m0/s1. The van der Waals surface area contributed by atoms with Gasteiger partial charge in [0.25, 0.3) is 0 Å². The minimum atomic E-state index is -2.03. The number of carbonyl (C=O) groups excluding carboxylic acids is 1. The minimum Gasteiger partial charge on any atom is -0.294 e. The number of rotatable bonds is 2. The molecule has 1 N–H and O–H groups in total. The van der Waals surface area contributed by atoms with Crippen molar-refractivity contribution < 1.29 is 13.6 Å². The molecule has 0 saturated carbocycles. The van der Waals surface area contributed by atoms with E-state index in [1.54, 1.807) is 0 Å². The maximum atomic E-state index is 10.7. The first kappa shape index (κ1) is 9.18. The van der Waals surface area contributed by atoms with Crippen molar-refractivity contribution in [3.05, 3.63) is 0 Å². The van der Waals surface area contributed by atoms with Crippen LogP contribution in [0.4, 0.5) is 0 Å². The first-order valence-corrected chi connectivity index (χ1v) is 4.74. The monoisotopic (exact) mass is 195 g/mol. The molecule has 1 saturated heterocycles. The first-order valence-electron chi connectivity index (χ1n) is 3.23. The van der Waals surface area contributed by atoms with Crippen molar-refractivity contribution in [3.63, 3.8) is 0 Å². The SMILES string of the molecule is O=C(S)[C@@H]1CCCN1S(=O)O. The van der Waals surface area contributed by atoms with Crippen LogP contribution in [0, 0.1) is 0 Å². The molecule has 1 heterocycles. The third-order valence-electron chi connectivity index (χ3n) is 1.69. The van der Waals surface area contributed by atoms with Gasteiger partial charge in [0.1, 0.15) is 0 Å². The number of carbonyl (C=O) groups is 1. The summed E-state index contributed by atoms with van der Waals surface area (Å²) in [7, 11) is 0. The predicted molar refractivity (Wildman–Crippen MR) is 44.5 cm³/mol. The fourth-order valence-electron chi connectivity index (χ4n) is 1.17. The molecule has 0 aliphatic carbocycles. The summed E-state index contributed by atoms with van der Waals surface area (Å²) >= 11 is 1.59. The maximum Gasteiger partial charge on any atom is 0.235 e. The Morgan fingerprint density at radius 3 is 2.73 bits per heavy atom. The van der Waals surface area contributed by atoms with E-state index in [-0.39, 0.29) is 5.12 Å². The molecular weight excluding hydrogens is 186 g/mol. The van der Waals surface area contributed by atoms with Gasteiger partial charge in [0, 0.05) is 6.54 Å². The van der Waals surface area contributed by atoms with Crippen LogP contribution in [0.5, 0.6) is 0 Å². The van der Waals surface area contributed by atoms with Crippen molar-refractivity contribution in [3.8, 4) is 0 Å². The van der Waals surface area contributed by atoms with Crippen molar-refractivity contribution in [1.29, 1.82) is 0 Å². The number of hydrogen-bond donors (Lipinski definition) is 2. The summed E-state index contributed by atoms with van der Waals surface area (Å²) in [4.78, 5) is 10.7. The zero-order chi connectivity index (χ0) is 8.43. The van der Waals surface area contributed by atoms with Crippen LogP contribution < -0.4 is 0 Å². The fourth-order valence-corrected chi connectivity index (χ4v) is 2.22. The Morgan fingerprint density at radius 2 is 2.36 bits per heavy atom. The first-order chi connectivity index (χ1) is 5.13. The zero-order valence-corrected chi connectivity index (χ0v) is 7.48. The summed E-state index contributed by atoms with van der Waals surface area (Å²) < 4.78 is 20.5. The van der Waals surface area contributed by atoms with Gasteiger partial charge >= 0.3 is 0 Å². The molecule has 1 unspecified atom stereocenters. The Morgan fingerprint density at radius 1 is 1.73 bits per heavy atom. The fraction of sp³-hybridized carbons (Fsp3) is 0.800. The van der Waals surface area contributed by atoms with Crippen LogP contribution in [-0.2, 0) is 16.1 Å². The molecule has 0 amide bonds. The zero-order valence-electron chi connectivity index (χ0n) is 5.77. The lowest BCUT2D eigenvalue weighted by Crippen LogP contribution is -2.34. The molecule has 0 aromatic heterocycles. The summed E-state index contributed by atoms with van der Waals surface area (Å²) in [6.07, 6.45) is 1.41. The molecule has 2 atom stereocenters. The van der Waals surface area contributed by atoms with Crippen molar-refractivity contribution >= 4 is 29.0 Å². The third-order valence-corrected chi connectivity index (χ3v) is 2.83. The highest BCUT2D eigenvalue weighted by atomic mass is 32.2.